The van der Waals surface area contributed by atoms with E-state index >= 15 is 0 Å². The number of ether oxygens (including phenoxy) is 2. The van der Waals surface area contributed by atoms with Gasteiger partial charge in [-0.25, -0.2) is 4.79 Å². The van der Waals surface area contributed by atoms with Gasteiger partial charge < -0.3 is 19.5 Å². The molecule has 3 aliphatic carbocycles. The summed E-state index contributed by atoms with van der Waals surface area (Å²) in [5, 5.41) is 12.0. The van der Waals surface area contributed by atoms with E-state index in [1.54, 1.807) is 0 Å². The zero-order valence-corrected chi connectivity index (χ0v) is 26.7. The first-order valence-electron chi connectivity index (χ1n) is 16.3. The summed E-state index contributed by atoms with van der Waals surface area (Å²) in [4.78, 5) is 30.4. The number of amides is 1. The number of aliphatic hydroxyl groups excluding tert-OH is 1. The van der Waals surface area contributed by atoms with Crippen molar-refractivity contribution in [2.75, 3.05) is 19.7 Å². The second-order valence-electron chi connectivity index (χ2n) is 13.8. The average molecular weight is 614 g/mol. The summed E-state index contributed by atoms with van der Waals surface area (Å²) < 4.78 is 13.5. The van der Waals surface area contributed by atoms with Crippen LogP contribution < -0.4 is 0 Å². The molecule has 232 valence electrons. The van der Waals surface area contributed by atoms with Crippen molar-refractivity contribution in [2.45, 2.75) is 95.4 Å². The first kappa shape index (κ1) is 29.7. The van der Waals surface area contributed by atoms with Crippen LogP contribution in [0.3, 0.4) is 0 Å². The van der Waals surface area contributed by atoms with Gasteiger partial charge in [0.05, 0.1) is 30.2 Å². The predicted molar refractivity (Wildman–Crippen MR) is 173 cm³/mol. The van der Waals surface area contributed by atoms with Crippen molar-refractivity contribution in [2.24, 2.45) is 5.41 Å². The molecule has 7 heteroatoms. The maximum atomic E-state index is 14.4. The molecule has 3 aromatic rings. The monoisotopic (exact) mass is 613 g/mol. The van der Waals surface area contributed by atoms with E-state index in [-0.39, 0.29) is 29.3 Å². The van der Waals surface area contributed by atoms with Gasteiger partial charge in [0.1, 0.15) is 5.60 Å². The highest BCUT2D eigenvalue weighted by Gasteiger charge is 2.64. The highest BCUT2D eigenvalue weighted by atomic mass is 32.1. The van der Waals surface area contributed by atoms with Gasteiger partial charge in [0.2, 0.25) is 5.78 Å². The molecule has 1 saturated carbocycles. The van der Waals surface area contributed by atoms with Gasteiger partial charge in [0, 0.05) is 22.3 Å². The molecule has 1 spiro atoms. The van der Waals surface area contributed by atoms with Crippen molar-refractivity contribution in [3.63, 3.8) is 0 Å². The Morgan fingerprint density at radius 2 is 1.98 bits per heavy atom. The molecule has 5 atom stereocenters. The molecule has 2 bridgehead atoms. The Hall–Kier alpha value is -3.00. The second kappa shape index (κ2) is 11.7. The van der Waals surface area contributed by atoms with Crippen LogP contribution in [0.1, 0.15) is 97.5 Å². The molecule has 2 saturated heterocycles. The first-order chi connectivity index (χ1) is 21.2. The summed E-state index contributed by atoms with van der Waals surface area (Å²) in [6.07, 6.45) is 9.04. The molecular weight excluding hydrogens is 570 g/mol. The van der Waals surface area contributed by atoms with E-state index in [9.17, 15) is 14.7 Å². The minimum Gasteiger partial charge on any atom is -0.440 e. The number of allylic oxidation sites excluding steroid dienone is 2. The maximum Gasteiger partial charge on any atom is 0.410 e. The third-order valence-corrected chi connectivity index (χ3v) is 12.1. The molecule has 2 aromatic carbocycles. The molecule has 1 N–H and O–H groups in total. The van der Waals surface area contributed by atoms with E-state index in [0.717, 1.165) is 83.2 Å². The number of aliphatic hydroxyl groups is 1. The molecule has 3 fully saturated rings. The molecule has 0 unspecified atom stereocenters. The number of carbonyl (C=O) groups is 2. The Morgan fingerprint density at radius 1 is 1.11 bits per heavy atom. The van der Waals surface area contributed by atoms with E-state index in [2.05, 4.69) is 44.2 Å². The summed E-state index contributed by atoms with van der Waals surface area (Å²) in [5.74, 6) is 0.0778. The zero-order valence-electron chi connectivity index (χ0n) is 25.8. The fourth-order valence-electron chi connectivity index (χ4n) is 8.38. The largest absolute Gasteiger partial charge is 0.440 e. The number of hydrogen-bond acceptors (Lipinski definition) is 6. The highest BCUT2D eigenvalue weighted by Crippen LogP contribution is 2.61. The third kappa shape index (κ3) is 5.31. The van der Waals surface area contributed by atoms with Gasteiger partial charge in [-0.3, -0.25) is 4.79 Å². The van der Waals surface area contributed by atoms with Crippen LogP contribution in [0.25, 0.3) is 10.1 Å². The molecule has 8 rings (SSSR count). The Morgan fingerprint density at radius 3 is 2.80 bits per heavy atom. The summed E-state index contributed by atoms with van der Waals surface area (Å²) in [6.45, 7) is 6.34. The van der Waals surface area contributed by atoms with Crippen LogP contribution in [0.2, 0.25) is 0 Å². The van der Waals surface area contributed by atoms with Crippen LogP contribution in [0, 0.1) is 5.41 Å². The summed E-state index contributed by atoms with van der Waals surface area (Å²) >= 11 is 1.54. The number of benzene rings is 2. The van der Waals surface area contributed by atoms with E-state index in [0.29, 0.717) is 25.9 Å². The van der Waals surface area contributed by atoms with Gasteiger partial charge in [-0.1, -0.05) is 48.9 Å². The molecule has 2 aliphatic heterocycles. The third-order valence-electron chi connectivity index (χ3n) is 11.0. The lowest BCUT2D eigenvalue weighted by Crippen LogP contribution is -2.48. The van der Waals surface area contributed by atoms with Gasteiger partial charge in [-0.05, 0) is 105 Å². The van der Waals surface area contributed by atoms with Crippen molar-refractivity contribution in [3.05, 3.63) is 81.7 Å². The Kier molecular flexibility index (Phi) is 7.92. The van der Waals surface area contributed by atoms with E-state index < -0.39 is 11.7 Å². The number of thiophene rings is 1. The van der Waals surface area contributed by atoms with Crippen molar-refractivity contribution in [3.8, 4) is 0 Å². The van der Waals surface area contributed by atoms with Crippen LogP contribution >= 0.6 is 11.3 Å². The normalized spacial score (nSPS) is 30.9. The topological polar surface area (TPSA) is 76.1 Å². The first-order valence-corrected chi connectivity index (χ1v) is 17.2. The second-order valence-corrected chi connectivity index (χ2v) is 14.9. The minimum absolute atomic E-state index is 0.0344. The van der Waals surface area contributed by atoms with Crippen molar-refractivity contribution in [1.82, 2.24) is 4.90 Å². The number of hydrogen-bond donors (Lipinski definition) is 1. The van der Waals surface area contributed by atoms with E-state index in [1.165, 1.54) is 16.9 Å². The molecule has 3 heterocycles. The number of nitrogens with zero attached hydrogens (tertiary/aromatic N) is 1. The SMILES string of the molecule is CC1=CCC[C@@]2(C)[C@@H](CC[C@@]23CN(C[C@H]2CCCO2)C(=O)O3)c2ccc(cc2C(=O)c2cc3ccccc3s2)C[C@@H](O)CC1. The maximum absolute atomic E-state index is 14.4. The van der Waals surface area contributed by atoms with E-state index in [4.69, 9.17) is 9.47 Å². The summed E-state index contributed by atoms with van der Waals surface area (Å²) in [5.41, 5.74) is 3.03. The average Bonchev–Trinajstić information content (AvgIpc) is 3.79. The molecule has 1 aromatic heterocycles. The molecule has 6 nitrogen and oxygen atoms in total. The van der Waals surface area contributed by atoms with Crippen LogP contribution in [0.4, 0.5) is 4.79 Å². The van der Waals surface area contributed by atoms with Gasteiger partial charge in [-0.2, -0.15) is 0 Å². The molecule has 5 aliphatic rings. The van der Waals surface area contributed by atoms with Crippen LogP contribution in [-0.4, -0.2) is 59.4 Å². The summed E-state index contributed by atoms with van der Waals surface area (Å²) in [7, 11) is 0. The van der Waals surface area contributed by atoms with Crippen LogP contribution in [-0.2, 0) is 15.9 Å². The number of rotatable bonds is 4. The van der Waals surface area contributed by atoms with Crippen molar-refractivity contribution >= 4 is 33.3 Å². The molecular formula is C37H43NO5S. The molecule has 0 radical (unpaired) electrons. The zero-order chi connectivity index (χ0) is 30.5. The smallest absolute Gasteiger partial charge is 0.410 e. The standard InChI is InChI=1S/C37H43NO5S/c1-24-7-5-16-36(2)31(15-17-37(36)23-38(35(41)43-37)22-28-9-6-18-42-28)29-14-12-25(19-27(39)13-11-24)20-30(29)34(40)33-21-26-8-3-4-10-32(26)44-33/h3-4,7-8,10,12,14,20-21,27-28,31,39H,5-6,9,11,13,15-19,22-23H2,1-2H3/t27-,28+,31-,36-,37+/m0/s1. The van der Waals surface area contributed by atoms with E-state index in [1.807, 2.05) is 29.2 Å². The predicted octanol–water partition coefficient (Wildman–Crippen LogP) is 7.81. The Labute approximate surface area is 264 Å². The van der Waals surface area contributed by atoms with Crippen molar-refractivity contribution < 1.29 is 24.2 Å². The number of ketones is 1. The number of fused-ring (bicyclic) bond motifs is 9. The highest BCUT2D eigenvalue weighted by molar-refractivity contribution is 7.21. The lowest BCUT2D eigenvalue weighted by molar-refractivity contribution is -0.0374. The fourth-order valence-corrected chi connectivity index (χ4v) is 9.40. The summed E-state index contributed by atoms with van der Waals surface area (Å²) in [6, 6.07) is 16.4. The van der Waals surface area contributed by atoms with Crippen molar-refractivity contribution in [1.29, 1.82) is 0 Å². The molecule has 1 amide bonds. The lowest BCUT2D eigenvalue weighted by atomic mass is 9.65. The van der Waals surface area contributed by atoms with Gasteiger partial charge in [-0.15, -0.1) is 11.3 Å². The quantitative estimate of drug-likeness (QED) is 0.240. The van der Waals surface area contributed by atoms with Gasteiger partial charge in [0.15, 0.2) is 0 Å². The van der Waals surface area contributed by atoms with Crippen LogP contribution in [0.5, 0.6) is 0 Å². The lowest BCUT2D eigenvalue weighted by Gasteiger charge is -2.43. The molecule has 44 heavy (non-hydrogen) atoms. The Balaban J connectivity index is 1.30. The van der Waals surface area contributed by atoms with Gasteiger partial charge >= 0.3 is 6.09 Å². The van der Waals surface area contributed by atoms with Gasteiger partial charge in [0.25, 0.3) is 0 Å². The van der Waals surface area contributed by atoms with Crippen LogP contribution in [0.15, 0.2) is 60.2 Å². The Bertz CT molecular complexity index is 1570. The minimum atomic E-state index is -0.626. The number of carbonyl (C=O) groups excluding carboxylic acids is 2. The fraction of sp³-hybridized carbons (Fsp3) is 0.514.